The van der Waals surface area contributed by atoms with E-state index >= 15 is 0 Å². The Labute approximate surface area is 63.5 Å². The summed E-state index contributed by atoms with van der Waals surface area (Å²) in [7, 11) is 0. The fraction of sp³-hybridized carbons (Fsp3) is 0.500. The summed E-state index contributed by atoms with van der Waals surface area (Å²) in [5, 5.41) is 13.6. The van der Waals surface area contributed by atoms with Crippen LogP contribution >= 0.6 is 12.6 Å². The summed E-state index contributed by atoms with van der Waals surface area (Å²) >= 11 is 3.72. The summed E-state index contributed by atoms with van der Waals surface area (Å²) in [5.74, 6) is 0. The van der Waals surface area contributed by atoms with E-state index in [1.807, 2.05) is 5.32 Å². The highest BCUT2D eigenvalue weighted by Gasteiger charge is 1.96. The molecule has 0 aromatic carbocycles. The quantitative estimate of drug-likeness (QED) is 0.133. The Hall–Kier alpha value is -0.750. The number of nitrogens with one attached hydrogen (secondary N) is 1. The number of rotatable bonds is 2. The van der Waals surface area contributed by atoms with Crippen molar-refractivity contribution in [1.82, 2.24) is 5.32 Å². The van der Waals surface area contributed by atoms with Crippen molar-refractivity contribution < 1.29 is 14.7 Å². The van der Waals surface area contributed by atoms with Crippen molar-refractivity contribution >= 4 is 23.8 Å². The first-order valence-corrected chi connectivity index (χ1v) is 2.91. The van der Waals surface area contributed by atoms with Crippen LogP contribution in [0.3, 0.4) is 0 Å². The number of hydrogen-bond donors (Lipinski definition) is 3. The zero-order valence-electron chi connectivity index (χ0n) is 5.37. The lowest BCUT2D eigenvalue weighted by molar-refractivity contribution is 0.137. The van der Waals surface area contributed by atoms with Gasteiger partial charge < -0.3 is 5.11 Å². The van der Waals surface area contributed by atoms with Gasteiger partial charge in [0.25, 0.3) is 0 Å². The summed E-state index contributed by atoms with van der Waals surface area (Å²) in [6.45, 7) is 1.08. The maximum absolute atomic E-state index is 10.3. The van der Waals surface area contributed by atoms with E-state index in [0.717, 1.165) is 0 Å². The maximum atomic E-state index is 10.3. The molecule has 1 amide bonds. The summed E-state index contributed by atoms with van der Waals surface area (Å²) < 4.78 is 0. The van der Waals surface area contributed by atoms with Gasteiger partial charge in [0.15, 0.2) is 0 Å². The smallest absolute Gasteiger partial charge is 0.376 e. The van der Waals surface area contributed by atoms with Gasteiger partial charge in [-0.25, -0.2) is 4.79 Å². The van der Waals surface area contributed by atoms with Crippen molar-refractivity contribution in [3.8, 4) is 0 Å². The summed E-state index contributed by atoms with van der Waals surface area (Å²) in [6.07, 6.45) is -0.809. The zero-order valence-corrected chi connectivity index (χ0v) is 6.26. The van der Waals surface area contributed by atoms with Gasteiger partial charge in [0.1, 0.15) is 11.8 Å². The molecule has 0 aliphatic rings. The van der Waals surface area contributed by atoms with Gasteiger partial charge in [-0.05, 0) is 6.92 Å². The molecule has 0 aliphatic carbocycles. The molecule has 0 bridgehead atoms. The van der Waals surface area contributed by atoms with E-state index in [9.17, 15) is 4.79 Å². The van der Waals surface area contributed by atoms with Gasteiger partial charge in [-0.2, -0.15) is 0 Å². The molecule has 5 nitrogen and oxygen atoms in total. The van der Waals surface area contributed by atoms with Crippen LogP contribution in [0.15, 0.2) is 5.16 Å². The van der Waals surface area contributed by atoms with Crippen LogP contribution in [-0.4, -0.2) is 23.0 Å². The van der Waals surface area contributed by atoms with E-state index < -0.39 is 12.8 Å². The number of amides is 1. The molecule has 0 heterocycles. The second-order valence-electron chi connectivity index (χ2n) is 1.35. The van der Waals surface area contributed by atoms with Gasteiger partial charge in [-0.1, -0.05) is 5.16 Å². The molecule has 0 aliphatic heterocycles. The number of nitrogens with zero attached hydrogens (tertiary/aromatic N) is 1. The van der Waals surface area contributed by atoms with Gasteiger partial charge in [0.05, 0.1) is 0 Å². The largest absolute Gasteiger partial charge is 0.435 e. The maximum Gasteiger partial charge on any atom is 0.435 e. The SMILES string of the molecule is C/C(S)=N\OC(=O)NCO. The number of hydrogen-bond acceptors (Lipinski definition) is 4. The molecule has 0 saturated heterocycles. The molecule has 0 atom stereocenters. The van der Waals surface area contributed by atoms with Gasteiger partial charge in [0, 0.05) is 0 Å². The minimum atomic E-state index is -0.809. The molecule has 0 aromatic rings. The molecule has 2 N–H and O–H groups in total. The number of carbonyl (C=O) groups excluding carboxylic acids is 1. The normalized spacial score (nSPS) is 10.9. The van der Waals surface area contributed by atoms with Crippen molar-refractivity contribution in [2.45, 2.75) is 6.92 Å². The molecule has 0 rings (SSSR count). The van der Waals surface area contributed by atoms with Crippen LogP contribution in [0.25, 0.3) is 0 Å². The molecular formula is C4H8N2O3S. The zero-order chi connectivity index (χ0) is 7.98. The highest BCUT2D eigenvalue weighted by atomic mass is 32.1. The second-order valence-corrected chi connectivity index (χ2v) is 2.00. The Morgan fingerprint density at radius 3 is 2.90 bits per heavy atom. The van der Waals surface area contributed by atoms with Crippen LogP contribution in [0.5, 0.6) is 0 Å². The van der Waals surface area contributed by atoms with Crippen molar-refractivity contribution in [3.63, 3.8) is 0 Å². The van der Waals surface area contributed by atoms with E-state index in [1.165, 1.54) is 0 Å². The average molecular weight is 164 g/mol. The van der Waals surface area contributed by atoms with Crippen LogP contribution in [-0.2, 0) is 4.84 Å². The lowest BCUT2D eigenvalue weighted by atomic mass is 10.9. The molecular weight excluding hydrogens is 156 g/mol. The predicted octanol–water partition coefficient (Wildman–Crippen LogP) is -0.0744. The van der Waals surface area contributed by atoms with Gasteiger partial charge in [0.2, 0.25) is 0 Å². The third-order valence-electron chi connectivity index (χ3n) is 0.484. The summed E-state index contributed by atoms with van der Waals surface area (Å²) in [6, 6.07) is 0. The number of aliphatic hydroxyl groups excluding tert-OH is 1. The van der Waals surface area contributed by atoms with Crippen LogP contribution in [0.4, 0.5) is 4.79 Å². The highest BCUT2D eigenvalue weighted by Crippen LogP contribution is 1.84. The fourth-order valence-electron chi connectivity index (χ4n) is 0.204. The predicted molar refractivity (Wildman–Crippen MR) is 38.8 cm³/mol. The van der Waals surface area contributed by atoms with E-state index in [-0.39, 0.29) is 0 Å². The summed E-state index contributed by atoms with van der Waals surface area (Å²) in [4.78, 5) is 14.5. The second kappa shape index (κ2) is 5.07. The van der Waals surface area contributed by atoms with Crippen LogP contribution < -0.4 is 5.32 Å². The minimum absolute atomic E-state index is 0.327. The Kier molecular flexibility index (Phi) is 4.69. The third kappa shape index (κ3) is 5.39. The van der Waals surface area contributed by atoms with Crippen molar-refractivity contribution in [1.29, 1.82) is 0 Å². The molecule has 0 unspecified atom stereocenters. The molecule has 0 radical (unpaired) electrons. The number of carbonyl (C=O) groups is 1. The van der Waals surface area contributed by atoms with Crippen LogP contribution in [0, 0.1) is 0 Å². The van der Waals surface area contributed by atoms with E-state index in [4.69, 9.17) is 5.11 Å². The summed E-state index contributed by atoms with van der Waals surface area (Å²) in [5.41, 5.74) is 0. The monoisotopic (exact) mass is 164 g/mol. The molecule has 0 fully saturated rings. The minimum Gasteiger partial charge on any atom is -0.376 e. The molecule has 0 aromatic heterocycles. The molecule has 0 saturated carbocycles. The first kappa shape index (κ1) is 9.25. The Balaban J connectivity index is 3.49. The van der Waals surface area contributed by atoms with Gasteiger partial charge in [-0.15, -0.1) is 12.6 Å². The van der Waals surface area contributed by atoms with Gasteiger partial charge in [-0.3, -0.25) is 10.2 Å². The highest BCUT2D eigenvalue weighted by molar-refractivity contribution is 7.96. The Bertz CT molecular complexity index is 143. The number of aliphatic hydroxyl groups is 1. The lowest BCUT2D eigenvalue weighted by Gasteiger charge is -1.96. The topological polar surface area (TPSA) is 70.9 Å². The number of thiol groups is 1. The fourth-order valence-corrected chi connectivity index (χ4v) is 0.245. The Morgan fingerprint density at radius 2 is 2.50 bits per heavy atom. The first-order valence-electron chi connectivity index (χ1n) is 2.46. The van der Waals surface area contributed by atoms with E-state index in [0.29, 0.717) is 5.04 Å². The van der Waals surface area contributed by atoms with E-state index in [2.05, 4.69) is 22.6 Å². The first-order chi connectivity index (χ1) is 4.66. The standard InChI is InChI=1S/C4H8N2O3S/c1-3(10)6-9-4(8)5-2-7/h7H,2H2,1H3,(H,5,8)(H,6,10). The van der Waals surface area contributed by atoms with Crippen molar-refractivity contribution in [3.05, 3.63) is 0 Å². The van der Waals surface area contributed by atoms with Crippen molar-refractivity contribution in [2.24, 2.45) is 5.16 Å². The van der Waals surface area contributed by atoms with Gasteiger partial charge >= 0.3 is 6.09 Å². The lowest BCUT2D eigenvalue weighted by Crippen LogP contribution is -2.23. The average Bonchev–Trinajstić information content (AvgIpc) is 1.85. The van der Waals surface area contributed by atoms with Crippen LogP contribution in [0.1, 0.15) is 6.92 Å². The molecule has 0 spiro atoms. The molecule has 6 heteroatoms. The van der Waals surface area contributed by atoms with E-state index in [1.54, 1.807) is 6.92 Å². The molecule has 10 heavy (non-hydrogen) atoms. The number of oxime groups is 1. The molecule has 58 valence electrons. The third-order valence-corrected chi connectivity index (χ3v) is 0.566. The van der Waals surface area contributed by atoms with Crippen LogP contribution in [0.2, 0.25) is 0 Å². The Morgan fingerprint density at radius 1 is 1.90 bits per heavy atom. The van der Waals surface area contributed by atoms with Crippen molar-refractivity contribution in [2.75, 3.05) is 6.73 Å².